The molecule has 2 rings (SSSR count). The van der Waals surface area contributed by atoms with Crippen LogP contribution in [0.2, 0.25) is 0 Å². The first-order valence-corrected chi connectivity index (χ1v) is 8.42. The molecule has 0 saturated heterocycles. The molecule has 152 valence electrons. The van der Waals surface area contributed by atoms with Crippen molar-refractivity contribution >= 4 is 17.9 Å². The third-order valence-corrected chi connectivity index (χ3v) is 3.66. The fourth-order valence-electron chi connectivity index (χ4n) is 2.36. The monoisotopic (exact) mass is 393 g/mol. The van der Waals surface area contributed by atoms with Crippen molar-refractivity contribution in [3.05, 3.63) is 18.0 Å². The maximum atomic E-state index is 10.8. The predicted molar refractivity (Wildman–Crippen MR) is 88.6 cm³/mol. The molecular weight excluding hydrogens is 371 g/mol. The molecule has 0 bridgehead atoms. The Labute approximate surface area is 153 Å². The topological polar surface area (TPSA) is 122 Å². The molecular formula is C16H22F3N3O5. The van der Waals surface area contributed by atoms with Crippen molar-refractivity contribution in [3.63, 3.8) is 0 Å². The number of halogens is 3. The molecule has 8 nitrogen and oxygen atoms in total. The molecule has 1 aliphatic rings. The lowest BCUT2D eigenvalue weighted by Crippen LogP contribution is -2.21. The van der Waals surface area contributed by atoms with E-state index in [1.165, 1.54) is 37.9 Å². The number of alkyl halides is 3. The molecule has 1 aromatic rings. The zero-order chi connectivity index (χ0) is 20.3. The van der Waals surface area contributed by atoms with Crippen molar-refractivity contribution in [3.8, 4) is 0 Å². The Morgan fingerprint density at radius 1 is 1.19 bits per heavy atom. The second-order valence-electron chi connectivity index (χ2n) is 5.78. The van der Waals surface area contributed by atoms with Crippen LogP contribution in [0.5, 0.6) is 0 Å². The Morgan fingerprint density at radius 2 is 1.78 bits per heavy atom. The quantitative estimate of drug-likeness (QED) is 0.498. The lowest BCUT2D eigenvalue weighted by Gasteiger charge is -2.15. The largest absolute Gasteiger partial charge is 0.490 e. The maximum Gasteiger partial charge on any atom is 0.490 e. The molecule has 0 radical (unpaired) electrons. The minimum Gasteiger partial charge on any atom is -0.477 e. The summed E-state index contributed by atoms with van der Waals surface area (Å²) in [5.74, 6) is -3.48. The van der Waals surface area contributed by atoms with Gasteiger partial charge in [0.15, 0.2) is 5.69 Å². The van der Waals surface area contributed by atoms with Gasteiger partial charge in [-0.1, -0.05) is 25.7 Å². The Bertz CT molecular complexity index is 605. The van der Waals surface area contributed by atoms with E-state index in [1.54, 1.807) is 0 Å². The summed E-state index contributed by atoms with van der Waals surface area (Å²) in [5.41, 5.74) is -0.00723. The van der Waals surface area contributed by atoms with Gasteiger partial charge in [-0.2, -0.15) is 13.2 Å². The van der Waals surface area contributed by atoms with Gasteiger partial charge in [0.25, 0.3) is 0 Å². The SMILES string of the molecule is O=C(O)C(F)(F)F.O=C(O)c1ccnc(NCCOC2CCCCCC2)n1. The number of nitrogens with one attached hydrogen (secondary N) is 1. The summed E-state index contributed by atoms with van der Waals surface area (Å²) in [6, 6.07) is 1.37. The maximum absolute atomic E-state index is 10.8. The van der Waals surface area contributed by atoms with Crippen LogP contribution in [0.4, 0.5) is 19.1 Å². The number of carbonyl (C=O) groups is 2. The summed E-state index contributed by atoms with van der Waals surface area (Å²) in [4.78, 5) is 27.5. The van der Waals surface area contributed by atoms with Crippen LogP contribution in [-0.4, -0.2) is 57.6 Å². The van der Waals surface area contributed by atoms with Crippen LogP contribution >= 0.6 is 0 Å². The number of hydrogen-bond acceptors (Lipinski definition) is 6. The number of hydrogen-bond donors (Lipinski definition) is 3. The second kappa shape index (κ2) is 11.3. The van der Waals surface area contributed by atoms with Crippen molar-refractivity contribution in [2.45, 2.75) is 50.8 Å². The molecule has 0 aliphatic heterocycles. The smallest absolute Gasteiger partial charge is 0.477 e. The molecule has 0 spiro atoms. The summed E-state index contributed by atoms with van der Waals surface area (Å²) in [6.07, 6.45) is 4.14. The molecule has 0 atom stereocenters. The van der Waals surface area contributed by atoms with Crippen molar-refractivity contribution in [2.75, 3.05) is 18.5 Å². The van der Waals surface area contributed by atoms with Crippen LogP contribution in [0.25, 0.3) is 0 Å². The van der Waals surface area contributed by atoms with Gasteiger partial charge in [0.05, 0.1) is 12.7 Å². The summed E-state index contributed by atoms with van der Waals surface area (Å²) in [6.45, 7) is 1.17. The van der Waals surface area contributed by atoms with Gasteiger partial charge < -0.3 is 20.3 Å². The van der Waals surface area contributed by atoms with E-state index in [0.717, 1.165) is 12.8 Å². The summed E-state index contributed by atoms with van der Waals surface area (Å²) in [7, 11) is 0. The average molecular weight is 393 g/mol. The van der Waals surface area contributed by atoms with Gasteiger partial charge in [-0.05, 0) is 18.9 Å². The molecule has 0 unspecified atom stereocenters. The minimum absolute atomic E-state index is 0.00723. The van der Waals surface area contributed by atoms with Crippen molar-refractivity contribution in [2.24, 2.45) is 0 Å². The Balaban J connectivity index is 0.000000445. The number of carboxylic acids is 2. The Morgan fingerprint density at radius 3 is 2.30 bits per heavy atom. The molecule has 0 amide bonds. The Kier molecular flexibility index (Phi) is 9.48. The minimum atomic E-state index is -5.08. The lowest BCUT2D eigenvalue weighted by atomic mass is 10.1. The van der Waals surface area contributed by atoms with E-state index in [4.69, 9.17) is 19.7 Å². The second-order valence-corrected chi connectivity index (χ2v) is 5.78. The van der Waals surface area contributed by atoms with Gasteiger partial charge in [-0.15, -0.1) is 0 Å². The Hall–Kier alpha value is -2.43. The van der Waals surface area contributed by atoms with Gasteiger partial charge in [-0.3, -0.25) is 0 Å². The van der Waals surface area contributed by atoms with E-state index in [0.29, 0.717) is 25.2 Å². The number of carboxylic acid groups (broad SMARTS) is 2. The van der Waals surface area contributed by atoms with Crippen LogP contribution in [0.3, 0.4) is 0 Å². The van der Waals surface area contributed by atoms with Crippen molar-refractivity contribution < 1.29 is 37.7 Å². The molecule has 3 N–H and O–H groups in total. The first-order valence-electron chi connectivity index (χ1n) is 8.42. The number of aromatic nitrogens is 2. The van der Waals surface area contributed by atoms with Crippen LogP contribution in [-0.2, 0) is 9.53 Å². The standard InChI is InChI=1S/C14H21N3O3.C2HF3O2/c18-13(19)12-7-8-15-14(17-12)16-9-10-20-11-5-3-1-2-4-6-11;3-2(4,5)1(6)7/h7-8,11H,1-6,9-10H2,(H,18,19)(H,15,16,17);(H,6,7). The number of anilines is 1. The highest BCUT2D eigenvalue weighted by Crippen LogP contribution is 2.19. The van der Waals surface area contributed by atoms with E-state index in [-0.39, 0.29) is 5.69 Å². The molecule has 1 heterocycles. The normalized spacial score (nSPS) is 15.2. The van der Waals surface area contributed by atoms with Crippen molar-refractivity contribution in [1.29, 1.82) is 0 Å². The van der Waals surface area contributed by atoms with Gasteiger partial charge >= 0.3 is 18.1 Å². The lowest BCUT2D eigenvalue weighted by molar-refractivity contribution is -0.192. The zero-order valence-electron chi connectivity index (χ0n) is 14.5. The van der Waals surface area contributed by atoms with E-state index >= 15 is 0 Å². The molecule has 1 fully saturated rings. The van der Waals surface area contributed by atoms with Gasteiger partial charge in [-0.25, -0.2) is 19.6 Å². The van der Waals surface area contributed by atoms with Crippen molar-refractivity contribution in [1.82, 2.24) is 9.97 Å². The zero-order valence-corrected chi connectivity index (χ0v) is 14.5. The summed E-state index contributed by atoms with van der Waals surface area (Å²) in [5, 5.41) is 18.9. The third-order valence-electron chi connectivity index (χ3n) is 3.66. The van der Waals surface area contributed by atoms with E-state index in [2.05, 4.69) is 15.3 Å². The van der Waals surface area contributed by atoms with Crippen LogP contribution < -0.4 is 5.32 Å². The molecule has 1 aromatic heterocycles. The molecule has 27 heavy (non-hydrogen) atoms. The molecule has 1 saturated carbocycles. The number of aromatic carboxylic acids is 1. The fraction of sp³-hybridized carbons (Fsp3) is 0.625. The first kappa shape index (κ1) is 22.6. The highest BCUT2D eigenvalue weighted by atomic mass is 19.4. The first-order chi connectivity index (χ1) is 12.7. The third kappa shape index (κ3) is 9.73. The summed E-state index contributed by atoms with van der Waals surface area (Å²) < 4.78 is 37.6. The van der Waals surface area contributed by atoms with Crippen LogP contribution in [0, 0.1) is 0 Å². The molecule has 11 heteroatoms. The number of rotatable bonds is 6. The summed E-state index contributed by atoms with van der Waals surface area (Å²) >= 11 is 0. The van der Waals surface area contributed by atoms with E-state index in [9.17, 15) is 18.0 Å². The van der Waals surface area contributed by atoms with Gasteiger partial charge in [0.1, 0.15) is 0 Å². The molecule has 1 aliphatic carbocycles. The number of nitrogens with zero attached hydrogens (tertiary/aromatic N) is 2. The van der Waals surface area contributed by atoms with Gasteiger partial charge in [0.2, 0.25) is 5.95 Å². The highest BCUT2D eigenvalue weighted by molar-refractivity contribution is 5.85. The number of aliphatic carboxylic acids is 1. The highest BCUT2D eigenvalue weighted by Gasteiger charge is 2.38. The van der Waals surface area contributed by atoms with Crippen LogP contribution in [0.15, 0.2) is 12.3 Å². The van der Waals surface area contributed by atoms with Gasteiger partial charge in [0, 0.05) is 12.7 Å². The van der Waals surface area contributed by atoms with Crippen LogP contribution in [0.1, 0.15) is 49.0 Å². The van der Waals surface area contributed by atoms with E-state index < -0.39 is 18.1 Å². The number of ether oxygens (including phenoxy) is 1. The average Bonchev–Trinajstić information content (AvgIpc) is 2.87. The predicted octanol–water partition coefficient (Wildman–Crippen LogP) is 2.96. The van der Waals surface area contributed by atoms with E-state index in [1.807, 2.05) is 0 Å². The fourth-order valence-corrected chi connectivity index (χ4v) is 2.36. The molecule has 0 aromatic carbocycles.